The normalized spacial score (nSPS) is 10.1. The van der Waals surface area contributed by atoms with Crippen LogP contribution in [0.3, 0.4) is 0 Å². The highest BCUT2D eigenvalue weighted by Crippen LogP contribution is 2.20. The summed E-state index contributed by atoms with van der Waals surface area (Å²) in [5.41, 5.74) is 0.764. The van der Waals surface area contributed by atoms with Crippen molar-refractivity contribution in [1.29, 1.82) is 0 Å². The monoisotopic (exact) mass is 321 g/mol. The van der Waals surface area contributed by atoms with Gasteiger partial charge in [0.25, 0.3) is 5.91 Å². The van der Waals surface area contributed by atoms with Gasteiger partial charge in [0.1, 0.15) is 11.6 Å². The highest BCUT2D eigenvalue weighted by Gasteiger charge is 2.10. The van der Waals surface area contributed by atoms with Crippen LogP contribution < -0.4 is 10.1 Å². The van der Waals surface area contributed by atoms with E-state index in [0.29, 0.717) is 17.0 Å². The molecule has 0 saturated carbocycles. The molecule has 1 amide bonds. The maximum Gasteiger partial charge on any atom is 0.262 e. The fraction of sp³-hybridized carbons (Fsp3) is 0.125. The van der Waals surface area contributed by atoms with Crippen molar-refractivity contribution in [2.45, 2.75) is 6.92 Å². The van der Waals surface area contributed by atoms with Crippen LogP contribution in [0, 0.1) is 5.82 Å². The molecule has 2 aromatic rings. The van der Waals surface area contributed by atoms with Crippen molar-refractivity contribution in [3.63, 3.8) is 0 Å². The number of carbonyl (C=O) groups is 2. The Bertz CT molecular complexity index is 718. The summed E-state index contributed by atoms with van der Waals surface area (Å²) in [6, 6.07) is 10.5. The van der Waals surface area contributed by atoms with Crippen molar-refractivity contribution in [2.75, 3.05) is 11.9 Å². The topological polar surface area (TPSA) is 55.4 Å². The van der Waals surface area contributed by atoms with Crippen molar-refractivity contribution in [3.8, 4) is 5.75 Å². The summed E-state index contributed by atoms with van der Waals surface area (Å²) >= 11 is 5.63. The summed E-state index contributed by atoms with van der Waals surface area (Å²) in [5.74, 6) is -0.823. The zero-order valence-electron chi connectivity index (χ0n) is 11.7. The molecule has 4 nitrogen and oxygen atoms in total. The first-order chi connectivity index (χ1) is 10.5. The van der Waals surface area contributed by atoms with E-state index >= 15 is 0 Å². The van der Waals surface area contributed by atoms with E-state index in [1.807, 2.05) is 0 Å². The molecule has 0 aromatic heterocycles. The molecule has 0 unspecified atom stereocenters. The summed E-state index contributed by atoms with van der Waals surface area (Å²) < 4.78 is 18.4. The number of hydrogen-bond donors (Lipinski definition) is 1. The molecule has 0 aliphatic rings. The predicted octanol–water partition coefficient (Wildman–Crippen LogP) is 3.70. The van der Waals surface area contributed by atoms with Crippen LogP contribution in [-0.2, 0) is 4.79 Å². The van der Waals surface area contributed by atoms with Crippen molar-refractivity contribution in [3.05, 3.63) is 58.9 Å². The second-order valence-corrected chi connectivity index (χ2v) is 4.93. The van der Waals surface area contributed by atoms with Gasteiger partial charge in [0.05, 0.1) is 10.6 Å². The maximum atomic E-state index is 13.0. The van der Waals surface area contributed by atoms with E-state index in [0.717, 1.165) is 6.07 Å². The number of halogens is 2. The molecule has 1 N–H and O–H groups in total. The molecule has 0 spiro atoms. The highest BCUT2D eigenvalue weighted by atomic mass is 35.5. The Kier molecular flexibility index (Phi) is 5.12. The van der Waals surface area contributed by atoms with Gasteiger partial charge in [-0.3, -0.25) is 9.59 Å². The van der Waals surface area contributed by atoms with Crippen molar-refractivity contribution < 1.29 is 18.7 Å². The zero-order valence-corrected chi connectivity index (χ0v) is 12.5. The molecular weight excluding hydrogens is 309 g/mol. The van der Waals surface area contributed by atoms with Crippen molar-refractivity contribution in [1.82, 2.24) is 0 Å². The quantitative estimate of drug-likeness (QED) is 0.854. The first-order valence-corrected chi connectivity index (χ1v) is 6.83. The Labute approximate surface area is 131 Å². The number of Topliss-reactive ketones (excluding diaryl/α,β-unsaturated/α-hetero) is 1. The van der Waals surface area contributed by atoms with E-state index in [4.69, 9.17) is 16.3 Å². The molecule has 0 radical (unpaired) electrons. The van der Waals surface area contributed by atoms with E-state index in [1.54, 1.807) is 24.3 Å². The van der Waals surface area contributed by atoms with E-state index in [9.17, 15) is 14.0 Å². The lowest BCUT2D eigenvalue weighted by Gasteiger charge is -2.10. The number of amides is 1. The molecule has 0 heterocycles. The van der Waals surface area contributed by atoms with Crippen LogP contribution in [0.2, 0.25) is 5.02 Å². The van der Waals surface area contributed by atoms with E-state index < -0.39 is 11.7 Å². The molecule has 0 aliphatic carbocycles. The second kappa shape index (κ2) is 7.04. The first kappa shape index (κ1) is 16.0. The van der Waals surface area contributed by atoms with Gasteiger partial charge in [-0.1, -0.05) is 23.7 Å². The molecular formula is C16H13ClFNO3. The van der Waals surface area contributed by atoms with Gasteiger partial charge in [-0.25, -0.2) is 4.39 Å². The predicted molar refractivity (Wildman–Crippen MR) is 82.0 cm³/mol. The Morgan fingerprint density at radius 2 is 1.95 bits per heavy atom. The van der Waals surface area contributed by atoms with Crippen LogP contribution >= 0.6 is 11.6 Å². The van der Waals surface area contributed by atoms with Crippen LogP contribution in [0.5, 0.6) is 5.75 Å². The zero-order chi connectivity index (χ0) is 16.1. The Morgan fingerprint density at radius 1 is 1.23 bits per heavy atom. The molecule has 114 valence electrons. The van der Waals surface area contributed by atoms with Gasteiger partial charge in [0.15, 0.2) is 12.4 Å². The molecule has 0 saturated heterocycles. The lowest BCUT2D eigenvalue weighted by Crippen LogP contribution is -2.20. The Balaban J connectivity index is 1.98. The molecule has 0 atom stereocenters. The number of carbonyl (C=O) groups excluding carboxylic acids is 2. The maximum absolute atomic E-state index is 13.0. The standard InChI is InChI=1S/C16H13ClFNO3/c1-10(20)12-4-2-3-5-15(12)22-9-16(21)19-11-6-7-14(18)13(17)8-11/h2-8H,9H2,1H3,(H,19,21). The van der Waals surface area contributed by atoms with Gasteiger partial charge < -0.3 is 10.1 Å². The summed E-state index contributed by atoms with van der Waals surface area (Å²) in [4.78, 5) is 23.2. The van der Waals surface area contributed by atoms with Crippen LogP contribution in [-0.4, -0.2) is 18.3 Å². The smallest absolute Gasteiger partial charge is 0.262 e. The van der Waals surface area contributed by atoms with Crippen LogP contribution in [0.15, 0.2) is 42.5 Å². The molecule has 2 rings (SSSR count). The van der Waals surface area contributed by atoms with Crippen molar-refractivity contribution >= 4 is 29.0 Å². The third-order valence-electron chi connectivity index (χ3n) is 2.83. The number of hydrogen-bond acceptors (Lipinski definition) is 3. The van der Waals surface area contributed by atoms with Crippen LogP contribution in [0.25, 0.3) is 0 Å². The molecule has 0 aliphatic heterocycles. The van der Waals surface area contributed by atoms with Crippen molar-refractivity contribution in [2.24, 2.45) is 0 Å². The van der Waals surface area contributed by atoms with E-state index in [1.165, 1.54) is 19.1 Å². The van der Waals surface area contributed by atoms with E-state index in [2.05, 4.69) is 5.32 Å². The first-order valence-electron chi connectivity index (χ1n) is 6.45. The number of rotatable bonds is 5. The lowest BCUT2D eigenvalue weighted by atomic mass is 10.1. The average molecular weight is 322 g/mol. The van der Waals surface area contributed by atoms with Gasteiger partial charge >= 0.3 is 0 Å². The minimum absolute atomic E-state index is 0.0827. The van der Waals surface area contributed by atoms with Gasteiger partial charge in [0.2, 0.25) is 0 Å². The van der Waals surface area contributed by atoms with Gasteiger partial charge in [-0.05, 0) is 37.3 Å². The van der Waals surface area contributed by atoms with Gasteiger partial charge in [-0.2, -0.15) is 0 Å². The summed E-state index contributed by atoms with van der Waals surface area (Å²) in [6.45, 7) is 1.14. The summed E-state index contributed by atoms with van der Waals surface area (Å²) in [6.07, 6.45) is 0. The average Bonchev–Trinajstić information content (AvgIpc) is 2.49. The molecule has 0 fully saturated rings. The molecule has 22 heavy (non-hydrogen) atoms. The lowest BCUT2D eigenvalue weighted by molar-refractivity contribution is -0.118. The molecule has 0 bridgehead atoms. The van der Waals surface area contributed by atoms with Gasteiger partial charge in [0, 0.05) is 5.69 Å². The Hall–Kier alpha value is -2.40. The van der Waals surface area contributed by atoms with Crippen LogP contribution in [0.4, 0.5) is 10.1 Å². The number of ether oxygens (including phenoxy) is 1. The Morgan fingerprint density at radius 3 is 2.64 bits per heavy atom. The number of anilines is 1. The molecule has 2 aromatic carbocycles. The number of benzene rings is 2. The summed E-state index contributed by atoms with van der Waals surface area (Å²) in [7, 11) is 0. The summed E-state index contributed by atoms with van der Waals surface area (Å²) in [5, 5.41) is 2.45. The number of nitrogens with one attached hydrogen (secondary N) is 1. The second-order valence-electron chi connectivity index (χ2n) is 4.52. The third kappa shape index (κ3) is 4.05. The number of ketones is 1. The minimum Gasteiger partial charge on any atom is -0.483 e. The third-order valence-corrected chi connectivity index (χ3v) is 3.12. The number of para-hydroxylation sites is 1. The fourth-order valence-corrected chi connectivity index (χ4v) is 1.98. The minimum atomic E-state index is -0.564. The fourth-order valence-electron chi connectivity index (χ4n) is 1.80. The largest absolute Gasteiger partial charge is 0.483 e. The molecule has 6 heteroatoms. The van der Waals surface area contributed by atoms with Gasteiger partial charge in [-0.15, -0.1) is 0 Å². The highest BCUT2D eigenvalue weighted by molar-refractivity contribution is 6.31. The SMILES string of the molecule is CC(=O)c1ccccc1OCC(=O)Nc1ccc(F)c(Cl)c1. The van der Waals surface area contributed by atoms with E-state index in [-0.39, 0.29) is 17.4 Å². The van der Waals surface area contributed by atoms with Crippen LogP contribution in [0.1, 0.15) is 17.3 Å².